The van der Waals surface area contributed by atoms with Gasteiger partial charge in [-0.15, -0.1) is 0 Å². The average molecular weight is 304 g/mol. The Balaban J connectivity index is 2.83. The summed E-state index contributed by atoms with van der Waals surface area (Å²) in [5.41, 5.74) is 6.75. The Morgan fingerprint density at radius 1 is 1.42 bits per heavy atom. The van der Waals surface area contributed by atoms with Crippen molar-refractivity contribution in [1.82, 2.24) is 4.72 Å². The number of hydrogen-bond acceptors (Lipinski definition) is 4. The number of rotatable bonds is 6. The van der Waals surface area contributed by atoms with Crippen LogP contribution >= 0.6 is 0 Å². The van der Waals surface area contributed by atoms with E-state index in [-0.39, 0.29) is 10.9 Å². The molecular weight excluding hydrogens is 284 g/mol. The first kappa shape index (κ1) is 16.1. The summed E-state index contributed by atoms with van der Waals surface area (Å²) in [6.45, 7) is 3.47. The van der Waals surface area contributed by atoms with Crippen LogP contribution in [0.1, 0.15) is 18.9 Å². The van der Waals surface area contributed by atoms with E-state index in [1.807, 2.05) is 0 Å². The number of sulfonamides is 1. The molecule has 0 spiro atoms. The molecule has 108 valence electrons. The van der Waals surface area contributed by atoms with Gasteiger partial charge in [0.25, 0.3) is 0 Å². The predicted molar refractivity (Wildman–Crippen MR) is 78.9 cm³/mol. The third-order valence-electron chi connectivity index (χ3n) is 2.68. The molecule has 5 nitrogen and oxygen atoms in total. The molecule has 1 rings (SSSR count). The Morgan fingerprint density at radius 2 is 2.05 bits per heavy atom. The molecule has 0 aliphatic heterocycles. The van der Waals surface area contributed by atoms with Crippen molar-refractivity contribution >= 4 is 26.5 Å². The van der Waals surface area contributed by atoms with Crippen molar-refractivity contribution in [2.75, 3.05) is 17.7 Å². The smallest absolute Gasteiger partial charge is 0.241 e. The molecule has 0 aliphatic rings. The van der Waals surface area contributed by atoms with Gasteiger partial charge in [0, 0.05) is 34.5 Å². The van der Waals surface area contributed by atoms with Crippen molar-refractivity contribution in [1.29, 1.82) is 0 Å². The van der Waals surface area contributed by atoms with E-state index in [0.717, 1.165) is 0 Å². The minimum atomic E-state index is -3.56. The summed E-state index contributed by atoms with van der Waals surface area (Å²) in [4.78, 5) is 0.228. The fourth-order valence-corrected chi connectivity index (χ4v) is 3.89. The number of hydrogen-bond donors (Lipinski definition) is 2. The maximum atomic E-state index is 12.2. The van der Waals surface area contributed by atoms with Crippen molar-refractivity contribution in [3.8, 4) is 0 Å². The summed E-state index contributed by atoms with van der Waals surface area (Å²) in [6, 6.07) is 4.43. The van der Waals surface area contributed by atoms with Gasteiger partial charge in [-0.25, -0.2) is 13.1 Å². The van der Waals surface area contributed by atoms with E-state index in [1.54, 1.807) is 32.2 Å². The number of benzene rings is 1. The van der Waals surface area contributed by atoms with E-state index in [0.29, 0.717) is 23.4 Å². The Hall–Kier alpha value is -0.920. The molecule has 0 amide bonds. The molecule has 0 bridgehead atoms. The summed E-state index contributed by atoms with van der Waals surface area (Å²) < 4.78 is 38.0. The van der Waals surface area contributed by atoms with Crippen molar-refractivity contribution in [2.24, 2.45) is 0 Å². The van der Waals surface area contributed by atoms with Crippen LogP contribution in [0.4, 0.5) is 5.69 Å². The molecule has 0 radical (unpaired) electrons. The zero-order chi connectivity index (χ0) is 14.6. The van der Waals surface area contributed by atoms with E-state index in [2.05, 4.69) is 4.72 Å². The lowest BCUT2D eigenvalue weighted by Crippen LogP contribution is -2.33. The van der Waals surface area contributed by atoms with E-state index in [1.165, 1.54) is 6.07 Å². The minimum Gasteiger partial charge on any atom is -0.399 e. The van der Waals surface area contributed by atoms with Crippen LogP contribution in [0.2, 0.25) is 0 Å². The van der Waals surface area contributed by atoms with Crippen LogP contribution in [0.5, 0.6) is 0 Å². The maximum absolute atomic E-state index is 12.2. The SMILES string of the molecule is Cc1cc(N)ccc1S(=O)(=O)NC(C)CCS(C)=O. The highest BCUT2D eigenvalue weighted by atomic mass is 32.2. The highest BCUT2D eigenvalue weighted by Gasteiger charge is 2.19. The van der Waals surface area contributed by atoms with Gasteiger partial charge in [0.1, 0.15) is 0 Å². The van der Waals surface area contributed by atoms with Crippen molar-refractivity contribution in [3.63, 3.8) is 0 Å². The summed E-state index contributed by atoms with van der Waals surface area (Å²) in [5.74, 6) is 0.477. The Kier molecular flexibility index (Phi) is 5.51. The third-order valence-corrected chi connectivity index (χ3v) is 5.24. The van der Waals surface area contributed by atoms with Crippen LogP contribution in [-0.2, 0) is 20.8 Å². The number of nitrogens with two attached hydrogens (primary N) is 1. The van der Waals surface area contributed by atoms with Crippen LogP contribution in [0.15, 0.2) is 23.1 Å². The highest BCUT2D eigenvalue weighted by Crippen LogP contribution is 2.18. The van der Waals surface area contributed by atoms with Gasteiger partial charge in [-0.3, -0.25) is 4.21 Å². The van der Waals surface area contributed by atoms with Crippen molar-refractivity contribution < 1.29 is 12.6 Å². The topological polar surface area (TPSA) is 89.3 Å². The van der Waals surface area contributed by atoms with Gasteiger partial charge in [0.15, 0.2) is 0 Å². The number of nitrogens with one attached hydrogen (secondary N) is 1. The molecule has 7 heteroatoms. The van der Waals surface area contributed by atoms with Crippen LogP contribution in [0.25, 0.3) is 0 Å². The molecule has 0 aromatic heterocycles. The second-order valence-electron chi connectivity index (χ2n) is 4.61. The minimum absolute atomic E-state index is 0.228. The third kappa shape index (κ3) is 4.93. The Labute approximate surface area is 117 Å². The molecule has 0 fully saturated rings. The number of anilines is 1. The molecule has 0 heterocycles. The summed E-state index contributed by atoms with van der Waals surface area (Å²) in [7, 11) is -4.48. The summed E-state index contributed by atoms with van der Waals surface area (Å²) >= 11 is 0. The molecule has 0 saturated heterocycles. The van der Waals surface area contributed by atoms with Gasteiger partial charge in [-0.2, -0.15) is 0 Å². The lowest BCUT2D eigenvalue weighted by molar-refractivity contribution is 0.555. The lowest BCUT2D eigenvalue weighted by atomic mass is 10.2. The van der Waals surface area contributed by atoms with Gasteiger partial charge in [-0.1, -0.05) is 0 Å². The van der Waals surface area contributed by atoms with Crippen LogP contribution in [0, 0.1) is 6.92 Å². The van der Waals surface area contributed by atoms with E-state index < -0.39 is 20.8 Å². The van der Waals surface area contributed by atoms with Crippen molar-refractivity contribution in [2.45, 2.75) is 31.2 Å². The second kappa shape index (κ2) is 6.49. The lowest BCUT2D eigenvalue weighted by Gasteiger charge is -2.15. The van der Waals surface area contributed by atoms with Crippen LogP contribution < -0.4 is 10.5 Å². The van der Waals surface area contributed by atoms with E-state index in [4.69, 9.17) is 5.73 Å². The molecule has 0 saturated carbocycles. The first-order chi connectivity index (χ1) is 8.72. The number of aryl methyl sites for hydroxylation is 1. The normalized spacial score (nSPS) is 15.1. The maximum Gasteiger partial charge on any atom is 0.241 e. The molecular formula is C12H20N2O3S2. The highest BCUT2D eigenvalue weighted by molar-refractivity contribution is 7.89. The average Bonchev–Trinajstić information content (AvgIpc) is 2.25. The fraction of sp³-hybridized carbons (Fsp3) is 0.500. The standard InChI is InChI=1S/C12H20N2O3S2/c1-9-8-11(13)4-5-12(9)19(16,17)14-10(2)6-7-18(3)15/h4-5,8,10,14H,6-7,13H2,1-3H3. The first-order valence-corrected chi connectivity index (χ1v) is 9.12. The first-order valence-electron chi connectivity index (χ1n) is 5.91. The molecule has 3 N–H and O–H groups in total. The largest absolute Gasteiger partial charge is 0.399 e. The zero-order valence-corrected chi connectivity index (χ0v) is 13.0. The molecule has 2 atom stereocenters. The van der Waals surface area contributed by atoms with E-state index in [9.17, 15) is 12.6 Å². The summed E-state index contributed by atoms with van der Waals surface area (Å²) in [5, 5.41) is 0. The Morgan fingerprint density at radius 3 is 2.58 bits per heavy atom. The molecule has 19 heavy (non-hydrogen) atoms. The predicted octanol–water partition coefficient (Wildman–Crippen LogP) is 1.01. The van der Waals surface area contributed by atoms with Gasteiger partial charge in [0.05, 0.1) is 4.90 Å². The van der Waals surface area contributed by atoms with Crippen LogP contribution in [-0.4, -0.2) is 30.7 Å². The van der Waals surface area contributed by atoms with Crippen molar-refractivity contribution in [3.05, 3.63) is 23.8 Å². The molecule has 1 aromatic carbocycles. The number of nitrogen functional groups attached to an aromatic ring is 1. The zero-order valence-electron chi connectivity index (χ0n) is 11.3. The molecule has 2 unspecified atom stereocenters. The van der Waals surface area contributed by atoms with Gasteiger partial charge < -0.3 is 5.73 Å². The van der Waals surface area contributed by atoms with Gasteiger partial charge in [0.2, 0.25) is 10.0 Å². The second-order valence-corrected chi connectivity index (χ2v) is 7.85. The van der Waals surface area contributed by atoms with E-state index >= 15 is 0 Å². The van der Waals surface area contributed by atoms with Gasteiger partial charge >= 0.3 is 0 Å². The molecule has 1 aromatic rings. The Bertz CT molecular complexity index is 570. The van der Waals surface area contributed by atoms with Crippen LogP contribution in [0.3, 0.4) is 0 Å². The quantitative estimate of drug-likeness (QED) is 0.768. The molecule has 0 aliphatic carbocycles. The van der Waals surface area contributed by atoms with Gasteiger partial charge in [-0.05, 0) is 44.0 Å². The monoisotopic (exact) mass is 304 g/mol. The summed E-state index contributed by atoms with van der Waals surface area (Å²) in [6.07, 6.45) is 2.14. The fourth-order valence-electron chi connectivity index (χ4n) is 1.70.